The van der Waals surface area contributed by atoms with Gasteiger partial charge in [-0.1, -0.05) is 50.7 Å². The van der Waals surface area contributed by atoms with Gasteiger partial charge in [-0.3, -0.25) is 0 Å². The molecule has 0 N–H and O–H groups in total. The molecule has 1 aromatic carbocycles. The van der Waals surface area contributed by atoms with E-state index in [2.05, 4.69) is 23.9 Å². The summed E-state index contributed by atoms with van der Waals surface area (Å²) in [4.78, 5) is 0. The monoisotopic (exact) mass is 388 g/mol. The third-order valence-electron chi connectivity index (χ3n) is 6.77. The van der Waals surface area contributed by atoms with E-state index in [1.807, 2.05) is 12.3 Å². The molecule has 4 rings (SSSR count). The van der Waals surface area contributed by atoms with E-state index >= 15 is 0 Å². The van der Waals surface area contributed by atoms with E-state index in [0.717, 1.165) is 34.8 Å². The minimum atomic E-state index is 0. The Morgan fingerprint density at radius 3 is 2.33 bits per heavy atom. The molecule has 2 aromatic rings. The number of para-hydroxylation sites is 1. The summed E-state index contributed by atoms with van der Waals surface area (Å²) >= 11 is 2.28. The highest BCUT2D eigenvalue weighted by atomic mass is 32.2. The summed E-state index contributed by atoms with van der Waals surface area (Å²) in [5, 5.41) is 2.11. The van der Waals surface area contributed by atoms with Crippen LogP contribution < -0.4 is 4.74 Å². The van der Waals surface area contributed by atoms with E-state index in [9.17, 15) is 0 Å². The lowest BCUT2D eigenvalue weighted by Crippen LogP contribution is -2.30. The standard InChI is InChI=1S/C24H34O2S.H2/c1-25-22-14-8-13-21-20(17-26-23(21)22)15-16-27-24(18-9-4-2-5-10-18)19-11-6-3-7-12-19;/h8,13-14,17-19,24H,2-7,9-12,15-16H2,1H3;1H. The van der Waals surface area contributed by atoms with Crippen molar-refractivity contribution in [3.63, 3.8) is 0 Å². The largest absolute Gasteiger partial charge is 0.493 e. The van der Waals surface area contributed by atoms with Gasteiger partial charge in [0.25, 0.3) is 0 Å². The number of fused-ring (bicyclic) bond motifs is 1. The van der Waals surface area contributed by atoms with E-state index in [1.54, 1.807) is 7.11 Å². The smallest absolute Gasteiger partial charge is 0.175 e. The summed E-state index contributed by atoms with van der Waals surface area (Å²) in [6, 6.07) is 6.22. The Bertz CT molecular complexity index is 698. The van der Waals surface area contributed by atoms with E-state index in [4.69, 9.17) is 9.15 Å². The Balaban J connectivity index is 0.00000225. The molecule has 2 saturated carbocycles. The van der Waals surface area contributed by atoms with Crippen LogP contribution in [0.2, 0.25) is 0 Å². The first-order chi connectivity index (χ1) is 13.4. The molecule has 0 aliphatic heterocycles. The van der Waals surface area contributed by atoms with Crippen LogP contribution in [0.25, 0.3) is 11.0 Å². The van der Waals surface area contributed by atoms with Gasteiger partial charge < -0.3 is 9.15 Å². The van der Waals surface area contributed by atoms with Gasteiger partial charge >= 0.3 is 0 Å². The van der Waals surface area contributed by atoms with Crippen molar-refractivity contribution in [2.75, 3.05) is 12.9 Å². The van der Waals surface area contributed by atoms with Crippen molar-refractivity contribution in [3.05, 3.63) is 30.0 Å². The predicted octanol–water partition coefficient (Wildman–Crippen LogP) is 7.49. The molecule has 2 aliphatic rings. The average molecular weight is 389 g/mol. The molecule has 3 heteroatoms. The molecule has 0 radical (unpaired) electrons. The van der Waals surface area contributed by atoms with Crippen molar-refractivity contribution < 1.29 is 10.6 Å². The normalized spacial score (nSPS) is 19.8. The molecule has 0 atom stereocenters. The average Bonchev–Trinajstić information content (AvgIpc) is 3.16. The first-order valence-corrected chi connectivity index (χ1v) is 12.1. The van der Waals surface area contributed by atoms with Gasteiger partial charge in [0, 0.05) is 12.1 Å². The lowest BCUT2D eigenvalue weighted by molar-refractivity contribution is 0.255. The molecule has 2 aliphatic carbocycles. The maximum absolute atomic E-state index is 5.83. The third kappa shape index (κ3) is 4.50. The Labute approximate surface area is 169 Å². The zero-order chi connectivity index (χ0) is 18.5. The molecule has 150 valence electrons. The first-order valence-electron chi connectivity index (χ1n) is 11.0. The van der Waals surface area contributed by atoms with Crippen molar-refractivity contribution in [2.45, 2.75) is 75.9 Å². The summed E-state index contributed by atoms with van der Waals surface area (Å²) in [5.74, 6) is 3.98. The summed E-state index contributed by atoms with van der Waals surface area (Å²) < 4.78 is 11.3. The fraction of sp³-hybridized carbons (Fsp3) is 0.667. The van der Waals surface area contributed by atoms with E-state index < -0.39 is 0 Å². The van der Waals surface area contributed by atoms with Gasteiger partial charge in [-0.15, -0.1) is 0 Å². The quantitative estimate of drug-likeness (QED) is 0.490. The van der Waals surface area contributed by atoms with Crippen LogP contribution in [0.15, 0.2) is 28.9 Å². The van der Waals surface area contributed by atoms with Gasteiger partial charge in [0.05, 0.1) is 13.4 Å². The molecule has 0 unspecified atom stereocenters. The van der Waals surface area contributed by atoms with E-state index in [0.29, 0.717) is 0 Å². The topological polar surface area (TPSA) is 22.4 Å². The van der Waals surface area contributed by atoms with Crippen LogP contribution in [0.1, 0.15) is 71.2 Å². The zero-order valence-corrected chi connectivity index (χ0v) is 17.6. The van der Waals surface area contributed by atoms with Crippen LogP contribution in [0, 0.1) is 11.8 Å². The lowest BCUT2D eigenvalue weighted by Gasteiger charge is -2.37. The van der Waals surface area contributed by atoms with Crippen molar-refractivity contribution in [1.82, 2.24) is 0 Å². The summed E-state index contributed by atoms with van der Waals surface area (Å²) in [7, 11) is 1.71. The van der Waals surface area contributed by atoms with Gasteiger partial charge in [0.15, 0.2) is 11.3 Å². The van der Waals surface area contributed by atoms with Gasteiger partial charge in [0.1, 0.15) is 0 Å². The van der Waals surface area contributed by atoms with Crippen LogP contribution in [0.3, 0.4) is 0 Å². The fourth-order valence-corrected chi connectivity index (χ4v) is 7.02. The van der Waals surface area contributed by atoms with Crippen LogP contribution in [-0.2, 0) is 6.42 Å². The van der Waals surface area contributed by atoms with Crippen LogP contribution in [0.4, 0.5) is 0 Å². The SMILES string of the molecule is COc1cccc2c(CCSC(C3CCCCC3)C3CCCCC3)coc12.[HH]. The van der Waals surface area contributed by atoms with E-state index in [-0.39, 0.29) is 1.43 Å². The van der Waals surface area contributed by atoms with Gasteiger partial charge in [0.2, 0.25) is 0 Å². The second-order valence-electron chi connectivity index (χ2n) is 8.48. The molecule has 0 bridgehead atoms. The minimum absolute atomic E-state index is 0. The number of rotatable bonds is 7. The number of hydrogen-bond donors (Lipinski definition) is 0. The number of methoxy groups -OCH3 is 1. The molecule has 27 heavy (non-hydrogen) atoms. The molecule has 0 saturated heterocycles. The van der Waals surface area contributed by atoms with Crippen molar-refractivity contribution in [3.8, 4) is 5.75 Å². The second kappa shape index (κ2) is 9.41. The Hall–Kier alpha value is -1.09. The fourth-order valence-electron chi connectivity index (χ4n) is 5.33. The molecular formula is C24H36O2S. The zero-order valence-electron chi connectivity index (χ0n) is 16.8. The summed E-state index contributed by atoms with van der Waals surface area (Å²) in [6.07, 6.45) is 17.7. The van der Waals surface area contributed by atoms with Crippen LogP contribution in [0.5, 0.6) is 5.75 Å². The maximum Gasteiger partial charge on any atom is 0.175 e. The number of furan rings is 1. The number of hydrogen-bond acceptors (Lipinski definition) is 3. The second-order valence-corrected chi connectivity index (χ2v) is 9.77. The first kappa shape index (κ1) is 19.2. The van der Waals surface area contributed by atoms with Crippen LogP contribution >= 0.6 is 11.8 Å². The number of aryl methyl sites for hydroxylation is 1. The molecule has 1 aromatic heterocycles. The lowest BCUT2D eigenvalue weighted by atomic mass is 9.77. The minimum Gasteiger partial charge on any atom is -0.493 e. The summed E-state index contributed by atoms with van der Waals surface area (Å²) in [6.45, 7) is 0. The third-order valence-corrected chi connectivity index (χ3v) is 8.37. The molecule has 1 heterocycles. The summed E-state index contributed by atoms with van der Waals surface area (Å²) in [5.41, 5.74) is 2.23. The highest BCUT2D eigenvalue weighted by Gasteiger charge is 2.31. The highest BCUT2D eigenvalue weighted by Crippen LogP contribution is 2.42. The highest BCUT2D eigenvalue weighted by molar-refractivity contribution is 7.99. The van der Waals surface area contributed by atoms with Crippen molar-refractivity contribution in [1.29, 1.82) is 0 Å². The van der Waals surface area contributed by atoms with E-state index in [1.165, 1.54) is 80.9 Å². The predicted molar refractivity (Wildman–Crippen MR) is 118 cm³/mol. The number of ether oxygens (including phenoxy) is 1. The van der Waals surface area contributed by atoms with Gasteiger partial charge in [-0.25, -0.2) is 0 Å². The van der Waals surface area contributed by atoms with Gasteiger partial charge in [-0.05, 0) is 61.3 Å². The molecular weight excluding hydrogens is 352 g/mol. The Kier molecular flexibility index (Phi) is 6.70. The molecule has 0 spiro atoms. The van der Waals surface area contributed by atoms with Crippen molar-refractivity contribution >= 4 is 22.7 Å². The Morgan fingerprint density at radius 1 is 1.04 bits per heavy atom. The van der Waals surface area contributed by atoms with Crippen molar-refractivity contribution in [2.24, 2.45) is 11.8 Å². The Morgan fingerprint density at radius 2 is 1.70 bits per heavy atom. The van der Waals surface area contributed by atoms with Crippen LogP contribution in [-0.4, -0.2) is 18.1 Å². The number of benzene rings is 1. The maximum atomic E-state index is 5.83. The number of thioether (sulfide) groups is 1. The molecule has 0 amide bonds. The molecule has 2 nitrogen and oxygen atoms in total. The molecule has 2 fully saturated rings. The van der Waals surface area contributed by atoms with Gasteiger partial charge in [-0.2, -0.15) is 11.8 Å².